The molecular formula is C31H42N4O3. The molecule has 1 aromatic carbocycles. The Morgan fingerprint density at radius 3 is 2.37 bits per heavy atom. The molecule has 7 nitrogen and oxygen atoms in total. The minimum atomic E-state index is -0.873. The quantitative estimate of drug-likeness (QED) is 0.598. The van der Waals surface area contributed by atoms with Crippen LogP contribution < -0.4 is 10.5 Å². The molecule has 2 saturated carbocycles. The Morgan fingerprint density at radius 1 is 0.895 bits per heavy atom. The fraction of sp³-hybridized carbons (Fsp3) is 0.710. The molecule has 1 aromatic heterocycles. The smallest absolute Gasteiger partial charge is 0.326 e. The van der Waals surface area contributed by atoms with Crippen molar-refractivity contribution < 1.29 is 9.90 Å². The number of carbonyl (C=O) groups is 1. The van der Waals surface area contributed by atoms with E-state index in [-0.39, 0.29) is 11.6 Å². The van der Waals surface area contributed by atoms with E-state index < -0.39 is 12.0 Å². The lowest BCUT2D eigenvalue weighted by atomic mass is 9.71. The van der Waals surface area contributed by atoms with E-state index in [2.05, 4.69) is 11.8 Å². The molecule has 2 aromatic rings. The molecule has 5 aliphatic rings. The van der Waals surface area contributed by atoms with E-state index in [1.807, 2.05) is 28.8 Å². The number of aliphatic carboxylic acids is 1. The maximum absolute atomic E-state index is 14.1. The molecule has 0 spiro atoms. The molecule has 1 N–H and O–H groups in total. The predicted molar refractivity (Wildman–Crippen MR) is 149 cm³/mol. The Morgan fingerprint density at radius 2 is 1.66 bits per heavy atom. The Kier molecular flexibility index (Phi) is 6.25. The number of fused-ring (bicyclic) bond motifs is 5. The molecule has 7 heteroatoms. The molecule has 1 unspecified atom stereocenters. The van der Waals surface area contributed by atoms with E-state index in [0.29, 0.717) is 42.8 Å². The number of rotatable bonds is 4. The standard InChI is InChI=1S/C31H42N4O3/c1-19-10-11-22-17-24(18-28(19)34(22)23-15-20-6-2-3-7-21(14-20)16-23)35-26-9-5-4-8-25(26)32-29(30(35)36)33-13-12-27(33)31(37)38/h4-5,8-9,19-24,27-28H,2-3,6-7,10-18H2,1H3,(H,37,38)/t19-,20-,21+,22+,23?,24-,27-,28+/m0/s1. The number of aromatic nitrogens is 2. The third-order valence-corrected chi connectivity index (χ3v) is 11.0. The molecule has 4 heterocycles. The number of hydrogen-bond acceptors (Lipinski definition) is 5. The van der Waals surface area contributed by atoms with Gasteiger partial charge < -0.3 is 14.6 Å². The van der Waals surface area contributed by atoms with E-state index in [0.717, 1.165) is 35.7 Å². The number of para-hydroxylation sites is 2. The van der Waals surface area contributed by atoms with Crippen LogP contribution in [-0.2, 0) is 4.79 Å². The van der Waals surface area contributed by atoms with Crippen LogP contribution in [0.25, 0.3) is 11.0 Å². The second-order valence-electron chi connectivity index (χ2n) is 13.2. The fourth-order valence-electron chi connectivity index (χ4n) is 9.12. The van der Waals surface area contributed by atoms with Gasteiger partial charge in [-0.05, 0) is 81.3 Å². The third-order valence-electron chi connectivity index (χ3n) is 11.0. The second kappa shape index (κ2) is 9.65. The van der Waals surface area contributed by atoms with Gasteiger partial charge in [-0.1, -0.05) is 44.7 Å². The van der Waals surface area contributed by atoms with Crippen LogP contribution in [0.1, 0.15) is 90.0 Å². The summed E-state index contributed by atoms with van der Waals surface area (Å²) in [7, 11) is 0. The molecule has 3 saturated heterocycles. The van der Waals surface area contributed by atoms with Gasteiger partial charge in [-0.25, -0.2) is 9.78 Å². The van der Waals surface area contributed by atoms with Gasteiger partial charge in [0, 0.05) is 30.7 Å². The predicted octanol–water partition coefficient (Wildman–Crippen LogP) is 5.22. The third kappa shape index (κ3) is 4.07. The summed E-state index contributed by atoms with van der Waals surface area (Å²) in [5, 5.41) is 9.67. The van der Waals surface area contributed by atoms with Crippen molar-refractivity contribution in [2.24, 2.45) is 17.8 Å². The lowest BCUT2D eigenvalue weighted by Crippen LogP contribution is -2.61. The number of carboxylic acid groups (broad SMARTS) is 1. The van der Waals surface area contributed by atoms with Crippen LogP contribution in [0, 0.1) is 17.8 Å². The number of benzene rings is 1. The van der Waals surface area contributed by atoms with Gasteiger partial charge in [0.05, 0.1) is 11.0 Å². The van der Waals surface area contributed by atoms with Crippen LogP contribution in [0.15, 0.2) is 29.1 Å². The van der Waals surface area contributed by atoms with Gasteiger partial charge in [0.25, 0.3) is 5.56 Å². The number of hydrogen-bond donors (Lipinski definition) is 1. The molecule has 0 radical (unpaired) electrons. The monoisotopic (exact) mass is 518 g/mol. The minimum Gasteiger partial charge on any atom is -0.480 e. The van der Waals surface area contributed by atoms with Crippen LogP contribution in [0.2, 0.25) is 0 Å². The van der Waals surface area contributed by atoms with E-state index >= 15 is 0 Å². The summed E-state index contributed by atoms with van der Waals surface area (Å²) in [6.45, 7) is 3.00. The van der Waals surface area contributed by atoms with Crippen molar-refractivity contribution in [3.63, 3.8) is 0 Å². The van der Waals surface area contributed by atoms with Crippen molar-refractivity contribution >= 4 is 22.8 Å². The summed E-state index contributed by atoms with van der Waals surface area (Å²) >= 11 is 0. The van der Waals surface area contributed by atoms with E-state index in [1.165, 1.54) is 57.8 Å². The van der Waals surface area contributed by atoms with Gasteiger partial charge in [-0.2, -0.15) is 0 Å². The van der Waals surface area contributed by atoms with Crippen molar-refractivity contribution in [1.29, 1.82) is 0 Å². The van der Waals surface area contributed by atoms with Gasteiger partial charge >= 0.3 is 5.97 Å². The average Bonchev–Trinajstić information content (AvgIpc) is 3.04. The summed E-state index contributed by atoms with van der Waals surface area (Å²) in [5.41, 5.74) is 1.57. The minimum absolute atomic E-state index is 0.109. The highest BCUT2D eigenvalue weighted by Gasteiger charge is 2.47. The number of anilines is 1. The highest BCUT2D eigenvalue weighted by Crippen LogP contribution is 2.48. The number of nitrogens with zero attached hydrogens (tertiary/aromatic N) is 4. The van der Waals surface area contributed by atoms with Crippen LogP contribution in [0.4, 0.5) is 5.82 Å². The second-order valence-corrected chi connectivity index (χ2v) is 13.2. The van der Waals surface area contributed by atoms with Crippen LogP contribution >= 0.6 is 0 Å². The van der Waals surface area contributed by atoms with E-state index in [4.69, 9.17) is 4.98 Å². The van der Waals surface area contributed by atoms with Crippen molar-refractivity contribution in [2.75, 3.05) is 11.4 Å². The van der Waals surface area contributed by atoms with E-state index in [9.17, 15) is 14.7 Å². The first kappa shape index (κ1) is 24.6. The zero-order chi connectivity index (χ0) is 26.0. The normalized spacial score (nSPS) is 37.4. The molecule has 3 aliphatic heterocycles. The lowest BCUT2D eigenvalue weighted by Gasteiger charge is -2.56. The van der Waals surface area contributed by atoms with Crippen LogP contribution in [-0.4, -0.2) is 56.2 Å². The molecule has 2 aliphatic carbocycles. The van der Waals surface area contributed by atoms with Crippen LogP contribution in [0.3, 0.4) is 0 Å². The first-order valence-electron chi connectivity index (χ1n) is 15.3. The van der Waals surface area contributed by atoms with E-state index in [1.54, 1.807) is 4.90 Å². The topological polar surface area (TPSA) is 78.7 Å². The molecule has 8 atom stereocenters. The maximum Gasteiger partial charge on any atom is 0.326 e. The molecule has 4 bridgehead atoms. The van der Waals surface area contributed by atoms with Gasteiger partial charge in [0.15, 0.2) is 5.82 Å². The Hall–Kier alpha value is -2.41. The summed E-state index contributed by atoms with van der Waals surface area (Å²) in [6, 6.07) is 9.15. The molecule has 38 heavy (non-hydrogen) atoms. The molecule has 7 rings (SSSR count). The largest absolute Gasteiger partial charge is 0.480 e. The summed E-state index contributed by atoms with van der Waals surface area (Å²) < 4.78 is 2.02. The first-order chi connectivity index (χ1) is 18.5. The highest BCUT2D eigenvalue weighted by atomic mass is 16.4. The van der Waals surface area contributed by atoms with Crippen LogP contribution in [0.5, 0.6) is 0 Å². The van der Waals surface area contributed by atoms with Gasteiger partial charge in [-0.3, -0.25) is 9.69 Å². The summed E-state index contributed by atoms with van der Waals surface area (Å²) in [4.78, 5) is 35.3. The van der Waals surface area contributed by atoms with Crippen molar-refractivity contribution in [2.45, 2.75) is 114 Å². The maximum atomic E-state index is 14.1. The SMILES string of the molecule is C[C@H]1CC[C@@H]2C[C@H](n3c(=O)c(N4CC[C@H]4C(=O)O)nc4ccccc43)C[C@H]1N2C1C[C@H]2CCCC[C@@H](C1)C2. The Bertz CT molecular complexity index is 1260. The Balaban J connectivity index is 1.24. The fourth-order valence-corrected chi connectivity index (χ4v) is 9.12. The summed E-state index contributed by atoms with van der Waals surface area (Å²) in [6.07, 6.45) is 14.9. The highest BCUT2D eigenvalue weighted by molar-refractivity contribution is 5.81. The zero-order valence-corrected chi connectivity index (χ0v) is 22.7. The van der Waals surface area contributed by atoms with Gasteiger partial charge in [0.2, 0.25) is 0 Å². The van der Waals surface area contributed by atoms with Crippen molar-refractivity contribution in [1.82, 2.24) is 14.5 Å². The summed E-state index contributed by atoms with van der Waals surface area (Å²) in [5.74, 6) is 1.89. The number of carboxylic acids is 1. The zero-order valence-electron chi connectivity index (χ0n) is 22.7. The molecular weight excluding hydrogens is 476 g/mol. The van der Waals surface area contributed by atoms with Crippen molar-refractivity contribution in [3.05, 3.63) is 34.6 Å². The molecule has 5 fully saturated rings. The van der Waals surface area contributed by atoms with Gasteiger partial charge in [-0.15, -0.1) is 0 Å². The first-order valence-corrected chi connectivity index (χ1v) is 15.3. The average molecular weight is 519 g/mol. The lowest BCUT2D eigenvalue weighted by molar-refractivity contribution is -0.140. The van der Waals surface area contributed by atoms with Gasteiger partial charge in [0.1, 0.15) is 6.04 Å². The molecule has 204 valence electrons. The number of piperidine rings is 2. The molecule has 0 amide bonds. The Labute approximate surface area is 225 Å². The van der Waals surface area contributed by atoms with Crippen molar-refractivity contribution in [3.8, 4) is 0 Å².